The van der Waals surface area contributed by atoms with Gasteiger partial charge in [0.25, 0.3) is 0 Å². The first-order valence-electron chi connectivity index (χ1n) is 10.9. The van der Waals surface area contributed by atoms with E-state index in [0.29, 0.717) is 0 Å². The molecule has 0 bridgehead atoms. The monoisotopic (exact) mass is 397 g/mol. The number of hydrogen-bond donors (Lipinski definition) is 0. The van der Waals surface area contributed by atoms with Crippen molar-refractivity contribution in [1.82, 2.24) is 4.57 Å². The molecule has 5 aromatic rings. The molecule has 0 N–H and O–H groups in total. The van der Waals surface area contributed by atoms with Crippen LogP contribution in [0.3, 0.4) is 0 Å². The first-order chi connectivity index (χ1) is 15.4. The van der Waals surface area contributed by atoms with Gasteiger partial charge in [-0.2, -0.15) is 0 Å². The number of aromatic nitrogens is 1. The van der Waals surface area contributed by atoms with E-state index in [1.165, 1.54) is 49.8 Å². The van der Waals surface area contributed by atoms with Crippen molar-refractivity contribution in [2.75, 3.05) is 0 Å². The molecule has 0 fully saturated rings. The summed E-state index contributed by atoms with van der Waals surface area (Å²) in [6.07, 6.45) is 9.11. The third-order valence-corrected chi connectivity index (χ3v) is 6.23. The molecule has 0 unspecified atom stereocenters. The second-order valence-corrected chi connectivity index (χ2v) is 8.14. The molecule has 0 aliphatic heterocycles. The molecule has 1 aliphatic carbocycles. The Morgan fingerprint density at radius 2 is 1.29 bits per heavy atom. The van der Waals surface area contributed by atoms with E-state index >= 15 is 0 Å². The summed E-state index contributed by atoms with van der Waals surface area (Å²) in [4.78, 5) is 0. The zero-order chi connectivity index (χ0) is 20.6. The maximum absolute atomic E-state index is 2.38. The summed E-state index contributed by atoms with van der Waals surface area (Å²) in [6, 6.07) is 35.1. The maximum atomic E-state index is 2.38. The Bertz CT molecular complexity index is 1450. The number of nitrogens with zero attached hydrogens (tertiary/aromatic N) is 1. The minimum Gasteiger partial charge on any atom is -0.309 e. The molecular weight excluding hydrogens is 374 g/mol. The smallest absolute Gasteiger partial charge is 0.0541 e. The van der Waals surface area contributed by atoms with Gasteiger partial charge in [-0.1, -0.05) is 85.0 Å². The number of benzene rings is 4. The average Bonchev–Trinajstić information content (AvgIpc) is 3.19. The molecule has 0 saturated heterocycles. The predicted octanol–water partition coefficient (Wildman–Crippen LogP) is 8.18. The van der Waals surface area contributed by atoms with Crippen molar-refractivity contribution in [3.63, 3.8) is 0 Å². The van der Waals surface area contributed by atoms with Gasteiger partial charge in [0.05, 0.1) is 11.0 Å². The standard InChI is InChI=1S/C30H23N/c1-3-9-22(10-4-1)24-15-18-26(19-16-24)31-29-14-8-7-13-27(29)28-21-25(17-20-30(28)31)23-11-5-2-6-12-23/h2-3,5-21H,1,4H2. The summed E-state index contributed by atoms with van der Waals surface area (Å²) < 4.78 is 2.38. The van der Waals surface area contributed by atoms with Gasteiger partial charge in [-0.15, -0.1) is 0 Å². The summed E-state index contributed by atoms with van der Waals surface area (Å²) in [5.41, 5.74) is 8.79. The highest BCUT2D eigenvalue weighted by Gasteiger charge is 2.13. The third-order valence-electron chi connectivity index (χ3n) is 6.23. The molecule has 1 heteroatoms. The molecule has 6 rings (SSSR count). The Hall–Kier alpha value is -3.84. The van der Waals surface area contributed by atoms with Crippen LogP contribution in [0.5, 0.6) is 0 Å². The molecular formula is C30H23N. The lowest BCUT2D eigenvalue weighted by molar-refractivity contribution is 1.04. The van der Waals surface area contributed by atoms with Crippen LogP contribution in [0, 0.1) is 0 Å². The Morgan fingerprint density at radius 1 is 0.548 bits per heavy atom. The van der Waals surface area contributed by atoms with Gasteiger partial charge in [0.1, 0.15) is 0 Å². The van der Waals surface area contributed by atoms with Crippen LogP contribution in [0.25, 0.3) is 44.2 Å². The van der Waals surface area contributed by atoms with Gasteiger partial charge in [0.15, 0.2) is 0 Å². The van der Waals surface area contributed by atoms with Crippen molar-refractivity contribution in [2.45, 2.75) is 12.8 Å². The largest absolute Gasteiger partial charge is 0.309 e. The minimum atomic E-state index is 1.13. The third kappa shape index (κ3) is 3.10. The highest BCUT2D eigenvalue weighted by Crippen LogP contribution is 2.35. The molecule has 0 radical (unpaired) electrons. The average molecular weight is 398 g/mol. The van der Waals surface area contributed by atoms with Crippen molar-refractivity contribution in [1.29, 1.82) is 0 Å². The summed E-state index contributed by atoms with van der Waals surface area (Å²) in [5, 5.41) is 2.58. The van der Waals surface area contributed by atoms with E-state index in [4.69, 9.17) is 0 Å². The Labute approximate surface area is 182 Å². The topological polar surface area (TPSA) is 4.93 Å². The first kappa shape index (κ1) is 18.0. The second-order valence-electron chi connectivity index (χ2n) is 8.14. The van der Waals surface area contributed by atoms with Crippen LogP contribution in [0.4, 0.5) is 0 Å². The zero-order valence-corrected chi connectivity index (χ0v) is 17.3. The predicted molar refractivity (Wildman–Crippen MR) is 133 cm³/mol. The highest BCUT2D eigenvalue weighted by molar-refractivity contribution is 6.10. The van der Waals surface area contributed by atoms with Gasteiger partial charge in [-0.3, -0.25) is 0 Å². The van der Waals surface area contributed by atoms with Crippen LogP contribution in [0.15, 0.2) is 115 Å². The van der Waals surface area contributed by atoms with E-state index in [0.717, 1.165) is 12.8 Å². The molecule has 0 spiro atoms. The summed E-state index contributed by atoms with van der Waals surface area (Å²) >= 11 is 0. The van der Waals surface area contributed by atoms with E-state index in [9.17, 15) is 0 Å². The minimum absolute atomic E-state index is 1.13. The fraction of sp³-hybridized carbons (Fsp3) is 0.0667. The van der Waals surface area contributed by atoms with E-state index in [1.807, 2.05) is 0 Å². The molecule has 0 atom stereocenters. The Morgan fingerprint density at radius 3 is 2.10 bits per heavy atom. The number of rotatable bonds is 3. The van der Waals surface area contributed by atoms with E-state index in [1.54, 1.807) is 0 Å². The molecule has 1 aliphatic rings. The first-order valence-corrected chi connectivity index (χ1v) is 10.9. The van der Waals surface area contributed by atoms with Crippen molar-refractivity contribution in [3.8, 4) is 16.8 Å². The van der Waals surface area contributed by atoms with Gasteiger partial charge in [-0.05, 0) is 65.4 Å². The van der Waals surface area contributed by atoms with Crippen molar-refractivity contribution in [2.24, 2.45) is 0 Å². The van der Waals surface area contributed by atoms with Crippen LogP contribution in [0.2, 0.25) is 0 Å². The van der Waals surface area contributed by atoms with Crippen LogP contribution in [0.1, 0.15) is 18.4 Å². The normalized spacial score (nSPS) is 13.6. The van der Waals surface area contributed by atoms with Crippen LogP contribution in [-0.2, 0) is 0 Å². The molecule has 4 aromatic carbocycles. The van der Waals surface area contributed by atoms with Crippen molar-refractivity contribution >= 4 is 27.4 Å². The summed E-state index contributed by atoms with van der Waals surface area (Å²) in [6.45, 7) is 0. The van der Waals surface area contributed by atoms with Crippen LogP contribution >= 0.6 is 0 Å². The maximum Gasteiger partial charge on any atom is 0.0541 e. The molecule has 1 nitrogen and oxygen atoms in total. The summed E-state index contributed by atoms with van der Waals surface area (Å²) in [7, 11) is 0. The Kier molecular flexibility index (Phi) is 4.32. The Balaban J connectivity index is 1.52. The van der Waals surface area contributed by atoms with Gasteiger partial charge >= 0.3 is 0 Å². The lowest BCUT2D eigenvalue weighted by Gasteiger charge is -2.11. The molecule has 31 heavy (non-hydrogen) atoms. The van der Waals surface area contributed by atoms with Crippen molar-refractivity contribution in [3.05, 3.63) is 121 Å². The SMILES string of the molecule is C1=CC(c2ccc(-n3c4ccccc4c4cc(-c5ccccc5)ccc43)cc2)=CCC1. The number of allylic oxidation sites excluding steroid dienone is 4. The van der Waals surface area contributed by atoms with Crippen LogP contribution < -0.4 is 0 Å². The van der Waals surface area contributed by atoms with Crippen LogP contribution in [-0.4, -0.2) is 4.57 Å². The van der Waals surface area contributed by atoms with Crippen molar-refractivity contribution < 1.29 is 0 Å². The molecule has 0 saturated carbocycles. The highest BCUT2D eigenvalue weighted by atomic mass is 15.0. The lowest BCUT2D eigenvalue weighted by Crippen LogP contribution is -1.94. The van der Waals surface area contributed by atoms with Gasteiger partial charge in [-0.25, -0.2) is 0 Å². The second kappa shape index (κ2) is 7.45. The quantitative estimate of drug-likeness (QED) is 0.289. The number of para-hydroxylation sites is 1. The van der Waals surface area contributed by atoms with Gasteiger partial charge < -0.3 is 4.57 Å². The molecule has 0 amide bonds. The van der Waals surface area contributed by atoms with Gasteiger partial charge in [0.2, 0.25) is 0 Å². The molecule has 148 valence electrons. The van der Waals surface area contributed by atoms with E-state index in [-0.39, 0.29) is 0 Å². The fourth-order valence-corrected chi connectivity index (χ4v) is 4.69. The summed E-state index contributed by atoms with van der Waals surface area (Å²) in [5.74, 6) is 0. The zero-order valence-electron chi connectivity index (χ0n) is 17.3. The lowest BCUT2D eigenvalue weighted by atomic mass is 9.99. The van der Waals surface area contributed by atoms with Gasteiger partial charge in [0, 0.05) is 16.5 Å². The molecule has 1 aromatic heterocycles. The number of hydrogen-bond acceptors (Lipinski definition) is 0. The fourth-order valence-electron chi connectivity index (χ4n) is 4.69. The molecule has 1 heterocycles. The number of fused-ring (bicyclic) bond motifs is 3. The van der Waals surface area contributed by atoms with E-state index in [2.05, 4.69) is 120 Å². The van der Waals surface area contributed by atoms with E-state index < -0.39 is 0 Å².